The summed E-state index contributed by atoms with van der Waals surface area (Å²) in [6.45, 7) is 5.99. The van der Waals surface area contributed by atoms with Gasteiger partial charge in [-0.25, -0.2) is 4.79 Å². The normalized spacial score (nSPS) is 13.8. The summed E-state index contributed by atoms with van der Waals surface area (Å²) in [5.74, 6) is -0.299. The third kappa shape index (κ3) is 9.98. The average molecular weight is 412 g/mol. The molecule has 0 aliphatic carbocycles. The van der Waals surface area contributed by atoms with E-state index in [1.807, 2.05) is 0 Å². The number of hydrogen-bond donors (Lipinski definition) is 0. The molecule has 0 amide bonds. The summed E-state index contributed by atoms with van der Waals surface area (Å²) in [5, 5.41) is 0. The van der Waals surface area contributed by atoms with E-state index in [1.165, 1.54) is 52.1 Å². The lowest BCUT2D eigenvalue weighted by Gasteiger charge is -2.17. The number of halogens is 2. The number of hydrogen-bond acceptors (Lipinski definition) is 2. The fraction of sp³-hybridized carbons (Fsp3) is 0.812. The Bertz CT molecular complexity index is 280. The summed E-state index contributed by atoms with van der Waals surface area (Å²) in [6, 6.07) is 0. The second-order valence-electron chi connectivity index (χ2n) is 5.22. The van der Waals surface area contributed by atoms with Gasteiger partial charge in [-0.3, -0.25) is 0 Å². The van der Waals surface area contributed by atoms with E-state index in [9.17, 15) is 4.79 Å². The molecule has 0 aromatic carbocycles. The highest BCUT2D eigenvalue weighted by molar-refractivity contribution is 9.12. The number of esters is 1. The van der Waals surface area contributed by atoms with E-state index in [1.54, 1.807) is 0 Å². The molecule has 0 N–H and O–H groups in total. The maximum Gasteiger partial charge on any atom is 0.333 e. The number of unbranched alkanes of at least 4 members (excludes halogenated alkanes) is 5. The van der Waals surface area contributed by atoms with Crippen LogP contribution in [-0.2, 0) is 9.53 Å². The lowest BCUT2D eigenvalue weighted by atomic mass is 10.0. The molecule has 0 fully saturated rings. The minimum atomic E-state index is -0.299. The number of rotatable bonds is 12. The molecule has 0 rings (SSSR count). The zero-order valence-electron chi connectivity index (χ0n) is 12.8. The van der Waals surface area contributed by atoms with Crippen molar-refractivity contribution in [1.29, 1.82) is 0 Å². The molecule has 0 spiro atoms. The van der Waals surface area contributed by atoms with Crippen molar-refractivity contribution >= 4 is 37.8 Å². The Morgan fingerprint density at radius 3 is 2.20 bits per heavy atom. The van der Waals surface area contributed by atoms with Crippen molar-refractivity contribution in [2.45, 2.75) is 74.4 Å². The third-order valence-corrected chi connectivity index (χ3v) is 6.32. The molecule has 0 aromatic rings. The smallest absolute Gasteiger partial charge is 0.333 e. The molecule has 0 aromatic heterocycles. The molecule has 0 aliphatic rings. The van der Waals surface area contributed by atoms with E-state index in [0.29, 0.717) is 21.6 Å². The second kappa shape index (κ2) is 12.9. The van der Waals surface area contributed by atoms with Crippen LogP contribution in [0.25, 0.3) is 0 Å². The van der Waals surface area contributed by atoms with Gasteiger partial charge in [0.2, 0.25) is 0 Å². The van der Waals surface area contributed by atoms with Gasteiger partial charge in [0.1, 0.15) is 0 Å². The zero-order valence-corrected chi connectivity index (χ0v) is 16.0. The van der Waals surface area contributed by atoms with Gasteiger partial charge in [-0.15, -0.1) is 0 Å². The number of carbonyl (C=O) groups is 1. The van der Waals surface area contributed by atoms with Crippen molar-refractivity contribution in [2.75, 3.05) is 7.11 Å². The van der Waals surface area contributed by atoms with Crippen LogP contribution < -0.4 is 0 Å². The van der Waals surface area contributed by atoms with Crippen LogP contribution >= 0.6 is 31.9 Å². The highest BCUT2D eigenvalue weighted by Gasteiger charge is 2.17. The van der Waals surface area contributed by atoms with Gasteiger partial charge in [0.05, 0.1) is 7.11 Å². The molecule has 118 valence electrons. The standard InChI is InChI=1S/C16H28Br2O2/c1-4-5-6-7-8-9-10-14(17)15(18)12-11-13(2)16(19)20-3/h14-15H,2,4-12H2,1,3H3. The number of methoxy groups -OCH3 is 1. The maximum atomic E-state index is 11.2. The Kier molecular flexibility index (Phi) is 13.0. The molecule has 0 bridgehead atoms. The summed E-state index contributed by atoms with van der Waals surface area (Å²) in [5.41, 5.74) is 0.552. The van der Waals surface area contributed by atoms with Crippen LogP contribution in [0, 0.1) is 0 Å². The summed E-state index contributed by atoms with van der Waals surface area (Å²) in [4.78, 5) is 12.1. The summed E-state index contributed by atoms with van der Waals surface area (Å²) in [7, 11) is 1.39. The van der Waals surface area contributed by atoms with E-state index in [-0.39, 0.29) is 5.97 Å². The number of carbonyl (C=O) groups excluding carboxylic acids is 1. The molecule has 20 heavy (non-hydrogen) atoms. The van der Waals surface area contributed by atoms with Crippen LogP contribution in [0.2, 0.25) is 0 Å². The van der Waals surface area contributed by atoms with Gasteiger partial charge >= 0.3 is 5.97 Å². The maximum absolute atomic E-state index is 11.2. The van der Waals surface area contributed by atoms with E-state index >= 15 is 0 Å². The Labute approximate surface area is 141 Å². The van der Waals surface area contributed by atoms with Crippen LogP contribution in [0.5, 0.6) is 0 Å². The van der Waals surface area contributed by atoms with Gasteiger partial charge in [-0.1, -0.05) is 83.9 Å². The Hall–Kier alpha value is 0.170. The second-order valence-corrected chi connectivity index (χ2v) is 7.57. The zero-order chi connectivity index (χ0) is 15.4. The van der Waals surface area contributed by atoms with Gasteiger partial charge in [0.25, 0.3) is 0 Å². The first kappa shape index (κ1) is 20.2. The monoisotopic (exact) mass is 410 g/mol. The molecule has 0 saturated heterocycles. The van der Waals surface area contributed by atoms with E-state index in [4.69, 9.17) is 0 Å². The van der Waals surface area contributed by atoms with Crippen LogP contribution in [0.15, 0.2) is 12.2 Å². The van der Waals surface area contributed by atoms with Gasteiger partial charge in [-0.05, 0) is 19.3 Å². The Balaban J connectivity index is 3.68. The van der Waals surface area contributed by atoms with E-state index in [2.05, 4.69) is 50.1 Å². The lowest BCUT2D eigenvalue weighted by Crippen LogP contribution is -2.15. The van der Waals surface area contributed by atoms with Gasteiger partial charge in [0, 0.05) is 15.2 Å². The fourth-order valence-electron chi connectivity index (χ4n) is 2.04. The largest absolute Gasteiger partial charge is 0.466 e. The molecule has 2 atom stereocenters. The van der Waals surface area contributed by atoms with E-state index in [0.717, 1.165) is 6.42 Å². The predicted octanol–water partition coefficient (Wildman–Crippen LogP) is 5.77. The first-order chi connectivity index (χ1) is 9.52. The van der Waals surface area contributed by atoms with Crippen molar-refractivity contribution in [1.82, 2.24) is 0 Å². The summed E-state index contributed by atoms with van der Waals surface area (Å²) < 4.78 is 4.65. The average Bonchev–Trinajstić information content (AvgIpc) is 2.46. The minimum absolute atomic E-state index is 0.299. The molecular weight excluding hydrogens is 384 g/mol. The van der Waals surface area contributed by atoms with Crippen molar-refractivity contribution in [2.24, 2.45) is 0 Å². The first-order valence-corrected chi connectivity index (χ1v) is 9.40. The van der Waals surface area contributed by atoms with Crippen molar-refractivity contribution in [3.8, 4) is 0 Å². The van der Waals surface area contributed by atoms with Gasteiger partial charge in [-0.2, -0.15) is 0 Å². The Morgan fingerprint density at radius 1 is 1.05 bits per heavy atom. The molecule has 2 nitrogen and oxygen atoms in total. The molecule has 0 saturated carbocycles. The van der Waals surface area contributed by atoms with Gasteiger partial charge in [0.15, 0.2) is 0 Å². The third-order valence-electron chi connectivity index (χ3n) is 3.42. The topological polar surface area (TPSA) is 26.3 Å². The van der Waals surface area contributed by atoms with Crippen molar-refractivity contribution in [3.63, 3.8) is 0 Å². The van der Waals surface area contributed by atoms with Crippen molar-refractivity contribution in [3.05, 3.63) is 12.2 Å². The Morgan fingerprint density at radius 2 is 1.60 bits per heavy atom. The minimum Gasteiger partial charge on any atom is -0.466 e. The highest BCUT2D eigenvalue weighted by atomic mass is 79.9. The highest BCUT2D eigenvalue weighted by Crippen LogP contribution is 2.25. The lowest BCUT2D eigenvalue weighted by molar-refractivity contribution is -0.136. The quantitative estimate of drug-likeness (QED) is 0.176. The summed E-state index contributed by atoms with van der Waals surface area (Å²) >= 11 is 7.43. The molecule has 2 unspecified atom stereocenters. The van der Waals surface area contributed by atoms with E-state index < -0.39 is 0 Å². The van der Waals surface area contributed by atoms with Crippen molar-refractivity contribution < 1.29 is 9.53 Å². The molecule has 0 radical (unpaired) electrons. The predicted molar refractivity (Wildman–Crippen MR) is 93.8 cm³/mol. The number of ether oxygens (including phenoxy) is 1. The number of alkyl halides is 2. The molecule has 4 heteroatoms. The van der Waals surface area contributed by atoms with Crippen LogP contribution in [-0.4, -0.2) is 22.7 Å². The molecule has 0 aliphatic heterocycles. The first-order valence-electron chi connectivity index (χ1n) is 7.57. The van der Waals surface area contributed by atoms with Crippen LogP contribution in [0.1, 0.15) is 64.7 Å². The molecular formula is C16H28Br2O2. The van der Waals surface area contributed by atoms with Crippen LogP contribution in [0.3, 0.4) is 0 Å². The van der Waals surface area contributed by atoms with Crippen LogP contribution in [0.4, 0.5) is 0 Å². The molecule has 0 heterocycles. The SMILES string of the molecule is C=C(CCC(Br)C(Br)CCCCCCCC)C(=O)OC. The van der Waals surface area contributed by atoms with Gasteiger partial charge < -0.3 is 4.74 Å². The summed E-state index contributed by atoms with van der Waals surface area (Å²) in [6.07, 6.45) is 10.7. The fourth-order valence-corrected chi connectivity index (χ4v) is 3.12.